The first-order valence-corrected chi connectivity index (χ1v) is 9.08. The molecule has 0 fully saturated rings. The number of allylic oxidation sites excluding steroid dienone is 4. The number of hydrogen-bond acceptors (Lipinski definition) is 0. The van der Waals surface area contributed by atoms with Crippen molar-refractivity contribution in [2.45, 2.75) is 39.0 Å². The lowest BCUT2D eigenvalue weighted by atomic mass is 9.78. The van der Waals surface area contributed by atoms with Crippen LogP contribution in [0.4, 0.5) is 0 Å². The molecule has 2 aromatic rings. The Hall–Kier alpha value is -1.60. The van der Waals surface area contributed by atoms with Gasteiger partial charge in [0.15, 0.2) is 0 Å². The third-order valence-corrected chi connectivity index (χ3v) is 5.88. The second-order valence-electron chi connectivity index (χ2n) is 7.28. The normalized spacial score (nSPS) is 18.5. The topological polar surface area (TPSA) is 0 Å². The molecule has 1 heteroatoms. The van der Waals surface area contributed by atoms with E-state index in [1.54, 1.807) is 5.57 Å². The van der Waals surface area contributed by atoms with Gasteiger partial charge in [0.25, 0.3) is 0 Å². The molecule has 0 bridgehead atoms. The monoisotopic (exact) mass is 364 g/mol. The fourth-order valence-electron chi connectivity index (χ4n) is 3.99. The van der Waals surface area contributed by atoms with E-state index in [4.69, 9.17) is 0 Å². The molecule has 0 unspecified atom stereocenters. The fraction of sp³-hybridized carbons (Fsp3) is 0.273. The molecule has 2 aliphatic rings. The minimum atomic E-state index is 0.109. The van der Waals surface area contributed by atoms with Crippen LogP contribution in [-0.4, -0.2) is 0 Å². The highest BCUT2D eigenvalue weighted by atomic mass is 79.9. The van der Waals surface area contributed by atoms with Crippen molar-refractivity contribution in [3.8, 4) is 11.1 Å². The van der Waals surface area contributed by atoms with Gasteiger partial charge in [-0.25, -0.2) is 0 Å². The van der Waals surface area contributed by atoms with Gasteiger partial charge in [0.2, 0.25) is 0 Å². The number of fused-ring (bicyclic) bond motifs is 2. The number of hydrogen-bond donors (Lipinski definition) is 0. The van der Waals surface area contributed by atoms with E-state index in [0.29, 0.717) is 0 Å². The summed E-state index contributed by atoms with van der Waals surface area (Å²) in [6.45, 7) is 7.00. The third kappa shape index (κ3) is 2.33. The molecule has 2 aromatic carbocycles. The van der Waals surface area contributed by atoms with Gasteiger partial charge in [-0.2, -0.15) is 0 Å². The van der Waals surface area contributed by atoms with Crippen molar-refractivity contribution < 1.29 is 0 Å². The average molecular weight is 365 g/mol. The van der Waals surface area contributed by atoms with Crippen LogP contribution < -0.4 is 0 Å². The van der Waals surface area contributed by atoms with Gasteiger partial charge in [-0.15, -0.1) is 0 Å². The minimum Gasteiger partial charge on any atom is -0.0727 e. The highest BCUT2D eigenvalue weighted by Gasteiger charge is 2.37. The Morgan fingerprint density at radius 1 is 0.913 bits per heavy atom. The molecule has 0 saturated heterocycles. The van der Waals surface area contributed by atoms with Crippen LogP contribution in [0.15, 0.2) is 64.2 Å². The molecule has 0 aromatic heterocycles. The maximum atomic E-state index is 3.52. The van der Waals surface area contributed by atoms with Crippen LogP contribution in [0.25, 0.3) is 16.7 Å². The summed E-state index contributed by atoms with van der Waals surface area (Å²) in [6, 6.07) is 15.6. The predicted octanol–water partition coefficient (Wildman–Crippen LogP) is 6.90. The van der Waals surface area contributed by atoms with E-state index in [0.717, 1.165) is 4.47 Å². The van der Waals surface area contributed by atoms with E-state index in [2.05, 4.69) is 85.2 Å². The minimum absolute atomic E-state index is 0.109. The second-order valence-corrected chi connectivity index (χ2v) is 8.19. The Morgan fingerprint density at radius 3 is 2.35 bits per heavy atom. The largest absolute Gasteiger partial charge is 0.0727 e. The van der Waals surface area contributed by atoms with Crippen LogP contribution in [0.3, 0.4) is 0 Å². The molecule has 0 spiro atoms. The van der Waals surface area contributed by atoms with Gasteiger partial charge < -0.3 is 0 Å². The Morgan fingerprint density at radius 2 is 1.61 bits per heavy atom. The highest BCUT2D eigenvalue weighted by Crippen LogP contribution is 2.51. The molecule has 23 heavy (non-hydrogen) atoms. The van der Waals surface area contributed by atoms with Crippen molar-refractivity contribution in [3.63, 3.8) is 0 Å². The molecule has 0 amide bonds. The number of benzene rings is 2. The van der Waals surface area contributed by atoms with Crippen LogP contribution >= 0.6 is 15.9 Å². The molecule has 0 atom stereocenters. The summed E-state index contributed by atoms with van der Waals surface area (Å²) in [5, 5.41) is 0. The second kappa shape index (κ2) is 5.21. The quantitative estimate of drug-likeness (QED) is 0.516. The molecule has 0 N–H and O–H groups in total. The average Bonchev–Trinajstić information content (AvgIpc) is 2.76. The maximum Gasteiger partial charge on any atom is 0.0175 e. The molecule has 0 aliphatic heterocycles. The zero-order valence-corrected chi connectivity index (χ0v) is 15.5. The molecule has 2 aliphatic carbocycles. The summed E-state index contributed by atoms with van der Waals surface area (Å²) in [7, 11) is 0. The van der Waals surface area contributed by atoms with Crippen LogP contribution in [0.1, 0.15) is 44.7 Å². The fourth-order valence-corrected chi connectivity index (χ4v) is 4.26. The van der Waals surface area contributed by atoms with E-state index in [1.165, 1.54) is 46.2 Å². The molecule has 116 valence electrons. The van der Waals surface area contributed by atoms with Crippen molar-refractivity contribution in [1.82, 2.24) is 0 Å². The maximum absolute atomic E-state index is 3.52. The molecule has 0 radical (unpaired) electrons. The van der Waals surface area contributed by atoms with Gasteiger partial charge in [-0.3, -0.25) is 0 Å². The van der Waals surface area contributed by atoms with Crippen molar-refractivity contribution in [1.29, 1.82) is 0 Å². The molecule has 0 nitrogen and oxygen atoms in total. The van der Waals surface area contributed by atoms with Crippen LogP contribution in [-0.2, 0) is 5.41 Å². The van der Waals surface area contributed by atoms with Crippen molar-refractivity contribution in [2.75, 3.05) is 0 Å². The molecular weight excluding hydrogens is 344 g/mol. The summed E-state index contributed by atoms with van der Waals surface area (Å²) in [5.74, 6) is 0. The van der Waals surface area contributed by atoms with Gasteiger partial charge in [0.05, 0.1) is 0 Å². The predicted molar refractivity (Wildman–Crippen MR) is 103 cm³/mol. The molecule has 4 rings (SSSR count). The smallest absolute Gasteiger partial charge is 0.0175 e. The van der Waals surface area contributed by atoms with Crippen LogP contribution in [0.5, 0.6) is 0 Å². The summed E-state index contributed by atoms with van der Waals surface area (Å²) in [5.41, 5.74) is 10.3. The Kier molecular flexibility index (Phi) is 3.39. The first-order chi connectivity index (χ1) is 11.0. The van der Waals surface area contributed by atoms with E-state index in [-0.39, 0.29) is 5.41 Å². The van der Waals surface area contributed by atoms with E-state index >= 15 is 0 Å². The van der Waals surface area contributed by atoms with Crippen LogP contribution in [0.2, 0.25) is 0 Å². The molecular formula is C22H21Br. The van der Waals surface area contributed by atoms with E-state index < -0.39 is 0 Å². The molecule has 0 saturated carbocycles. The lowest BCUT2D eigenvalue weighted by molar-refractivity contribution is 0.649. The number of rotatable bonds is 1. The van der Waals surface area contributed by atoms with E-state index in [9.17, 15) is 0 Å². The summed E-state index contributed by atoms with van der Waals surface area (Å²) < 4.78 is 1.13. The van der Waals surface area contributed by atoms with Gasteiger partial charge in [-0.05, 0) is 71.4 Å². The SMILES string of the molecule is CC1=CC2=C(CC1)c1ccc(-c3ccc(Br)cc3)cc1C2(C)C. The lowest BCUT2D eigenvalue weighted by Gasteiger charge is -2.25. The van der Waals surface area contributed by atoms with Crippen molar-refractivity contribution in [2.24, 2.45) is 0 Å². The lowest BCUT2D eigenvalue weighted by Crippen LogP contribution is -2.17. The van der Waals surface area contributed by atoms with Gasteiger partial charge >= 0.3 is 0 Å². The summed E-state index contributed by atoms with van der Waals surface area (Å²) in [6.07, 6.45) is 4.81. The Balaban J connectivity index is 1.85. The van der Waals surface area contributed by atoms with Crippen molar-refractivity contribution >= 4 is 21.5 Å². The van der Waals surface area contributed by atoms with Crippen molar-refractivity contribution in [3.05, 3.63) is 75.3 Å². The first kappa shape index (κ1) is 15.0. The van der Waals surface area contributed by atoms with Crippen LogP contribution in [0, 0.1) is 0 Å². The summed E-state index contributed by atoms with van der Waals surface area (Å²) >= 11 is 3.52. The first-order valence-electron chi connectivity index (χ1n) is 8.28. The van der Waals surface area contributed by atoms with Gasteiger partial charge in [0, 0.05) is 9.89 Å². The Bertz CT molecular complexity index is 848. The zero-order valence-electron chi connectivity index (χ0n) is 13.9. The number of halogens is 1. The van der Waals surface area contributed by atoms with Gasteiger partial charge in [0.1, 0.15) is 0 Å². The third-order valence-electron chi connectivity index (χ3n) is 5.35. The zero-order chi connectivity index (χ0) is 16.2. The standard InChI is InChI=1S/C22H21Br/c1-14-4-10-18-19-11-7-16(15-5-8-17(23)9-6-15)13-21(19)22(2,3)20(18)12-14/h5-9,11-13H,4,10H2,1-3H3. The highest BCUT2D eigenvalue weighted by molar-refractivity contribution is 9.10. The molecule has 0 heterocycles. The summed E-state index contributed by atoms with van der Waals surface area (Å²) in [4.78, 5) is 0. The Labute approximate surface area is 147 Å². The van der Waals surface area contributed by atoms with Gasteiger partial charge in [-0.1, -0.05) is 65.7 Å². The van der Waals surface area contributed by atoms with E-state index in [1.807, 2.05) is 0 Å².